The zero-order valence-electron chi connectivity index (χ0n) is 9.39. The Labute approximate surface area is 95.3 Å². The molecule has 1 fully saturated rings. The van der Waals surface area contributed by atoms with Crippen molar-refractivity contribution in [2.45, 2.75) is 12.1 Å². The lowest BCUT2D eigenvalue weighted by molar-refractivity contribution is -0.131. The van der Waals surface area contributed by atoms with Crippen LogP contribution in [-0.4, -0.2) is 33.0 Å². The minimum Gasteiger partial charge on any atom is -0.497 e. The van der Waals surface area contributed by atoms with Crippen LogP contribution in [0.15, 0.2) is 24.3 Å². The average molecular weight is 223 g/mol. The Bertz CT molecular complexity index is 339. The number of methoxy groups -OCH3 is 1. The summed E-state index contributed by atoms with van der Waals surface area (Å²) in [5.74, 6) is 0.819. The Hall–Kier alpha value is -1.10. The SMILES string of the molecule is COc1cccc(C(N)COC2COC2)c1. The Kier molecular flexibility index (Phi) is 3.77. The van der Waals surface area contributed by atoms with Crippen molar-refractivity contribution >= 4 is 0 Å². The van der Waals surface area contributed by atoms with Crippen LogP contribution in [0.3, 0.4) is 0 Å². The molecular formula is C12H17NO3. The van der Waals surface area contributed by atoms with Crippen molar-refractivity contribution in [2.75, 3.05) is 26.9 Å². The van der Waals surface area contributed by atoms with Crippen LogP contribution in [-0.2, 0) is 9.47 Å². The lowest BCUT2D eigenvalue weighted by atomic mass is 10.1. The summed E-state index contributed by atoms with van der Waals surface area (Å²) < 4.78 is 15.7. The summed E-state index contributed by atoms with van der Waals surface area (Å²) in [6.45, 7) is 1.89. The number of hydrogen-bond donors (Lipinski definition) is 1. The van der Waals surface area contributed by atoms with Crippen molar-refractivity contribution in [1.29, 1.82) is 0 Å². The van der Waals surface area contributed by atoms with Crippen molar-refractivity contribution in [3.63, 3.8) is 0 Å². The molecule has 2 rings (SSSR count). The van der Waals surface area contributed by atoms with Crippen molar-refractivity contribution in [1.82, 2.24) is 0 Å². The zero-order valence-corrected chi connectivity index (χ0v) is 9.39. The number of hydrogen-bond acceptors (Lipinski definition) is 4. The van der Waals surface area contributed by atoms with Crippen molar-refractivity contribution in [2.24, 2.45) is 5.73 Å². The van der Waals surface area contributed by atoms with E-state index in [0.717, 1.165) is 11.3 Å². The highest BCUT2D eigenvalue weighted by Gasteiger charge is 2.20. The average Bonchev–Trinajstić information content (AvgIpc) is 2.27. The summed E-state index contributed by atoms with van der Waals surface area (Å²) >= 11 is 0. The van der Waals surface area contributed by atoms with Gasteiger partial charge in [0.25, 0.3) is 0 Å². The van der Waals surface area contributed by atoms with Crippen molar-refractivity contribution in [3.8, 4) is 5.75 Å². The van der Waals surface area contributed by atoms with E-state index in [-0.39, 0.29) is 12.1 Å². The number of ether oxygens (including phenoxy) is 3. The fraction of sp³-hybridized carbons (Fsp3) is 0.500. The van der Waals surface area contributed by atoms with E-state index in [1.165, 1.54) is 0 Å². The van der Waals surface area contributed by atoms with E-state index < -0.39 is 0 Å². The summed E-state index contributed by atoms with van der Waals surface area (Å²) in [6.07, 6.45) is 0.219. The van der Waals surface area contributed by atoms with E-state index >= 15 is 0 Å². The molecule has 16 heavy (non-hydrogen) atoms. The second kappa shape index (κ2) is 5.30. The molecule has 0 aliphatic carbocycles. The topological polar surface area (TPSA) is 53.7 Å². The van der Waals surface area contributed by atoms with Crippen LogP contribution in [0, 0.1) is 0 Å². The largest absolute Gasteiger partial charge is 0.497 e. The molecule has 0 bridgehead atoms. The van der Waals surface area contributed by atoms with Crippen LogP contribution in [0.2, 0.25) is 0 Å². The molecule has 1 aromatic carbocycles. The van der Waals surface area contributed by atoms with Crippen molar-refractivity contribution < 1.29 is 14.2 Å². The number of rotatable bonds is 5. The summed E-state index contributed by atoms with van der Waals surface area (Å²) in [5, 5.41) is 0. The second-order valence-electron chi connectivity index (χ2n) is 3.88. The third-order valence-electron chi connectivity index (χ3n) is 2.64. The fourth-order valence-electron chi connectivity index (χ4n) is 1.52. The molecule has 1 saturated heterocycles. The maximum atomic E-state index is 6.02. The van der Waals surface area contributed by atoms with Crippen LogP contribution in [0.4, 0.5) is 0 Å². The first-order valence-corrected chi connectivity index (χ1v) is 5.38. The molecule has 0 spiro atoms. The van der Waals surface area contributed by atoms with Gasteiger partial charge in [-0.05, 0) is 17.7 Å². The highest BCUT2D eigenvalue weighted by Crippen LogP contribution is 2.18. The molecule has 4 heteroatoms. The highest BCUT2D eigenvalue weighted by atomic mass is 16.6. The maximum Gasteiger partial charge on any atom is 0.119 e. The van der Waals surface area contributed by atoms with E-state index in [0.29, 0.717) is 19.8 Å². The van der Waals surface area contributed by atoms with E-state index in [1.54, 1.807) is 7.11 Å². The van der Waals surface area contributed by atoms with Gasteiger partial charge in [0.1, 0.15) is 11.9 Å². The van der Waals surface area contributed by atoms with Crippen molar-refractivity contribution in [3.05, 3.63) is 29.8 Å². The lowest BCUT2D eigenvalue weighted by Crippen LogP contribution is -2.37. The van der Waals surface area contributed by atoms with Gasteiger partial charge in [-0.15, -0.1) is 0 Å². The van der Waals surface area contributed by atoms with E-state index in [4.69, 9.17) is 19.9 Å². The van der Waals surface area contributed by atoms with Gasteiger partial charge in [0, 0.05) is 0 Å². The minimum absolute atomic E-state index is 0.115. The summed E-state index contributed by atoms with van der Waals surface area (Å²) in [6, 6.07) is 7.63. The Morgan fingerprint density at radius 1 is 1.50 bits per heavy atom. The normalized spacial score (nSPS) is 17.9. The molecule has 0 amide bonds. The maximum absolute atomic E-state index is 6.02. The van der Waals surface area contributed by atoms with E-state index in [9.17, 15) is 0 Å². The van der Waals surface area contributed by atoms with Gasteiger partial charge in [0.15, 0.2) is 0 Å². The predicted molar refractivity (Wildman–Crippen MR) is 60.5 cm³/mol. The second-order valence-corrected chi connectivity index (χ2v) is 3.88. The summed E-state index contributed by atoms with van der Waals surface area (Å²) in [5.41, 5.74) is 7.05. The molecule has 1 aliphatic rings. The van der Waals surface area contributed by atoms with Crippen LogP contribution < -0.4 is 10.5 Å². The van der Waals surface area contributed by atoms with Gasteiger partial charge in [-0.2, -0.15) is 0 Å². The van der Waals surface area contributed by atoms with Gasteiger partial charge in [-0.1, -0.05) is 12.1 Å². The van der Waals surface area contributed by atoms with Gasteiger partial charge in [0.05, 0.1) is 33.0 Å². The third kappa shape index (κ3) is 2.72. The molecule has 1 atom stereocenters. The van der Waals surface area contributed by atoms with Gasteiger partial charge >= 0.3 is 0 Å². The molecule has 2 N–H and O–H groups in total. The van der Waals surface area contributed by atoms with Gasteiger partial charge in [0.2, 0.25) is 0 Å². The Balaban J connectivity index is 1.88. The molecule has 88 valence electrons. The Morgan fingerprint density at radius 3 is 2.94 bits per heavy atom. The first-order valence-electron chi connectivity index (χ1n) is 5.38. The first-order chi connectivity index (χ1) is 7.79. The Morgan fingerprint density at radius 2 is 2.31 bits per heavy atom. The number of nitrogens with two attached hydrogens (primary N) is 1. The molecule has 1 unspecified atom stereocenters. The molecule has 0 radical (unpaired) electrons. The fourth-order valence-corrected chi connectivity index (χ4v) is 1.52. The predicted octanol–water partition coefficient (Wildman–Crippen LogP) is 1.11. The molecule has 1 aromatic rings. The third-order valence-corrected chi connectivity index (χ3v) is 2.64. The molecule has 0 saturated carbocycles. The smallest absolute Gasteiger partial charge is 0.119 e. The van der Waals surface area contributed by atoms with Crippen LogP contribution >= 0.6 is 0 Å². The number of benzene rings is 1. The van der Waals surface area contributed by atoms with Gasteiger partial charge in [-0.3, -0.25) is 0 Å². The standard InChI is InChI=1S/C12H17NO3/c1-14-10-4-2-3-9(5-10)12(13)8-16-11-6-15-7-11/h2-5,11-12H,6-8,13H2,1H3. The molecule has 4 nitrogen and oxygen atoms in total. The van der Waals surface area contributed by atoms with Gasteiger partial charge in [-0.25, -0.2) is 0 Å². The molecule has 1 heterocycles. The highest BCUT2D eigenvalue weighted by molar-refractivity contribution is 5.30. The first kappa shape index (κ1) is 11.4. The van der Waals surface area contributed by atoms with Crippen LogP contribution in [0.5, 0.6) is 5.75 Å². The monoisotopic (exact) mass is 223 g/mol. The zero-order chi connectivity index (χ0) is 11.4. The summed E-state index contributed by atoms with van der Waals surface area (Å²) in [7, 11) is 1.65. The minimum atomic E-state index is -0.115. The summed E-state index contributed by atoms with van der Waals surface area (Å²) in [4.78, 5) is 0. The molecule has 1 aliphatic heterocycles. The molecular weight excluding hydrogens is 206 g/mol. The quantitative estimate of drug-likeness (QED) is 0.812. The van der Waals surface area contributed by atoms with Gasteiger partial charge < -0.3 is 19.9 Å². The van der Waals surface area contributed by atoms with Crippen LogP contribution in [0.25, 0.3) is 0 Å². The molecule has 0 aromatic heterocycles. The van der Waals surface area contributed by atoms with Crippen LogP contribution in [0.1, 0.15) is 11.6 Å². The lowest BCUT2D eigenvalue weighted by Gasteiger charge is -2.27. The van der Waals surface area contributed by atoms with E-state index in [1.807, 2.05) is 24.3 Å². The van der Waals surface area contributed by atoms with E-state index in [2.05, 4.69) is 0 Å².